The molecular weight excluding hydrogens is 312 g/mol. The maximum atomic E-state index is 12.4. The molecule has 1 fully saturated rings. The predicted octanol–water partition coefficient (Wildman–Crippen LogP) is 3.53. The Morgan fingerprint density at radius 1 is 1.30 bits per heavy atom. The van der Waals surface area contributed by atoms with Gasteiger partial charge in [-0.15, -0.1) is 0 Å². The molecule has 1 amide bonds. The Kier molecular flexibility index (Phi) is 5.27. The quantitative estimate of drug-likeness (QED) is 0.883. The first-order chi connectivity index (χ1) is 10.6. The lowest BCUT2D eigenvalue weighted by Crippen LogP contribution is -2.62. The molecule has 0 spiro atoms. The molecule has 0 aliphatic carbocycles. The van der Waals surface area contributed by atoms with Crippen LogP contribution in [0, 0.1) is 0 Å². The molecule has 0 radical (unpaired) electrons. The summed E-state index contributed by atoms with van der Waals surface area (Å²) >= 11 is 5.94. The molecule has 1 aliphatic heterocycles. The molecule has 4 nitrogen and oxygen atoms in total. The van der Waals surface area contributed by atoms with Gasteiger partial charge in [-0.2, -0.15) is 0 Å². The zero-order valence-corrected chi connectivity index (χ0v) is 15.3. The molecule has 1 aliphatic rings. The van der Waals surface area contributed by atoms with Gasteiger partial charge in [-0.1, -0.05) is 17.7 Å². The molecule has 2 rings (SSSR count). The highest BCUT2D eigenvalue weighted by Gasteiger charge is 2.38. The van der Waals surface area contributed by atoms with E-state index in [0.29, 0.717) is 10.8 Å². The average Bonchev–Trinajstić information content (AvgIpc) is 2.34. The van der Waals surface area contributed by atoms with Gasteiger partial charge in [0, 0.05) is 22.1 Å². The van der Waals surface area contributed by atoms with E-state index in [0.717, 1.165) is 12.8 Å². The molecule has 0 unspecified atom stereocenters. The summed E-state index contributed by atoms with van der Waals surface area (Å²) in [5.41, 5.74) is -0.00645. The van der Waals surface area contributed by atoms with E-state index in [1.165, 1.54) is 0 Å². The number of hydrogen-bond donors (Lipinski definition) is 2. The van der Waals surface area contributed by atoms with Gasteiger partial charge >= 0.3 is 0 Å². The van der Waals surface area contributed by atoms with E-state index < -0.39 is 6.10 Å². The zero-order valence-electron chi connectivity index (χ0n) is 14.6. The lowest BCUT2D eigenvalue weighted by atomic mass is 9.79. The van der Waals surface area contributed by atoms with Crippen LogP contribution in [-0.4, -0.2) is 29.1 Å². The normalized spacial score (nSPS) is 21.5. The minimum absolute atomic E-state index is 0.00323. The second kappa shape index (κ2) is 6.70. The van der Waals surface area contributed by atoms with Crippen molar-refractivity contribution in [2.75, 3.05) is 0 Å². The highest BCUT2D eigenvalue weighted by atomic mass is 35.5. The molecule has 5 heteroatoms. The number of benzene rings is 1. The molecule has 2 N–H and O–H groups in total. The van der Waals surface area contributed by atoms with Crippen LogP contribution in [0.3, 0.4) is 0 Å². The molecule has 1 heterocycles. The number of piperidine rings is 1. The van der Waals surface area contributed by atoms with Crippen LogP contribution >= 0.6 is 11.6 Å². The summed E-state index contributed by atoms with van der Waals surface area (Å²) in [5.74, 6) is 0.509. The van der Waals surface area contributed by atoms with Crippen LogP contribution in [0.2, 0.25) is 5.02 Å². The van der Waals surface area contributed by atoms with Gasteiger partial charge in [-0.25, -0.2) is 0 Å². The van der Waals surface area contributed by atoms with Crippen LogP contribution in [0.1, 0.15) is 47.5 Å². The number of halogens is 1. The van der Waals surface area contributed by atoms with Crippen molar-refractivity contribution in [2.45, 2.75) is 70.7 Å². The molecule has 0 aromatic heterocycles. The number of nitrogens with one attached hydrogen (secondary N) is 2. The van der Waals surface area contributed by atoms with Crippen molar-refractivity contribution in [3.05, 3.63) is 29.3 Å². The maximum Gasteiger partial charge on any atom is 0.260 e. The Balaban J connectivity index is 1.95. The molecule has 1 aromatic rings. The van der Waals surface area contributed by atoms with Gasteiger partial charge in [0.25, 0.3) is 5.91 Å². The van der Waals surface area contributed by atoms with Crippen LogP contribution in [0.25, 0.3) is 0 Å². The Bertz CT molecular complexity index is 556. The first-order valence-electron chi connectivity index (χ1n) is 8.08. The van der Waals surface area contributed by atoms with Crippen LogP contribution in [-0.2, 0) is 4.79 Å². The van der Waals surface area contributed by atoms with E-state index >= 15 is 0 Å². The van der Waals surface area contributed by atoms with Crippen LogP contribution < -0.4 is 15.4 Å². The summed E-state index contributed by atoms with van der Waals surface area (Å²) in [6, 6.07) is 7.23. The SMILES string of the molecule is C[C@@H](Oc1cccc(Cl)c1)C(=O)NC1CC(C)(C)NC(C)(C)C1. The first-order valence-corrected chi connectivity index (χ1v) is 8.46. The molecule has 23 heavy (non-hydrogen) atoms. The van der Waals surface area contributed by atoms with E-state index in [1.807, 2.05) is 0 Å². The Hall–Kier alpha value is -1.26. The topological polar surface area (TPSA) is 50.4 Å². The Morgan fingerprint density at radius 3 is 2.48 bits per heavy atom. The molecule has 0 bridgehead atoms. The summed E-state index contributed by atoms with van der Waals surface area (Å²) in [7, 11) is 0. The van der Waals surface area contributed by atoms with Crippen molar-refractivity contribution >= 4 is 17.5 Å². The number of carbonyl (C=O) groups is 1. The van der Waals surface area contributed by atoms with Gasteiger partial charge in [-0.3, -0.25) is 4.79 Å². The molecular formula is C18H27ClN2O2. The van der Waals surface area contributed by atoms with Gasteiger partial charge in [-0.05, 0) is 65.7 Å². The van der Waals surface area contributed by atoms with Crippen molar-refractivity contribution in [2.24, 2.45) is 0 Å². The second-order valence-electron chi connectivity index (χ2n) is 7.72. The van der Waals surface area contributed by atoms with Crippen molar-refractivity contribution in [3.63, 3.8) is 0 Å². The molecule has 1 atom stereocenters. The van der Waals surface area contributed by atoms with E-state index in [2.05, 4.69) is 38.3 Å². The Labute approximate surface area is 143 Å². The van der Waals surface area contributed by atoms with Gasteiger partial charge < -0.3 is 15.4 Å². The van der Waals surface area contributed by atoms with Gasteiger partial charge in [0.05, 0.1) is 0 Å². The maximum absolute atomic E-state index is 12.4. The van der Waals surface area contributed by atoms with Gasteiger partial charge in [0.15, 0.2) is 6.10 Å². The minimum Gasteiger partial charge on any atom is -0.481 e. The van der Waals surface area contributed by atoms with Crippen molar-refractivity contribution in [1.29, 1.82) is 0 Å². The summed E-state index contributed by atoms with van der Waals surface area (Å²) in [5, 5.41) is 7.34. The first kappa shape index (κ1) is 18.1. The van der Waals surface area contributed by atoms with Crippen molar-refractivity contribution in [1.82, 2.24) is 10.6 Å². The third-order valence-electron chi connectivity index (χ3n) is 4.01. The summed E-state index contributed by atoms with van der Waals surface area (Å²) < 4.78 is 5.69. The highest BCUT2D eigenvalue weighted by Crippen LogP contribution is 2.28. The van der Waals surface area contributed by atoms with E-state index in [4.69, 9.17) is 16.3 Å². The summed E-state index contributed by atoms with van der Waals surface area (Å²) in [4.78, 5) is 12.4. The fourth-order valence-corrected chi connectivity index (χ4v) is 3.72. The third-order valence-corrected chi connectivity index (χ3v) is 4.25. The zero-order chi connectivity index (χ0) is 17.3. The lowest BCUT2D eigenvalue weighted by molar-refractivity contribution is -0.128. The summed E-state index contributed by atoms with van der Waals surface area (Å²) in [6.07, 6.45) is 1.23. The van der Waals surface area contributed by atoms with Crippen molar-refractivity contribution in [3.8, 4) is 5.75 Å². The fourth-order valence-electron chi connectivity index (χ4n) is 3.54. The van der Waals surface area contributed by atoms with E-state index in [1.54, 1.807) is 31.2 Å². The van der Waals surface area contributed by atoms with E-state index in [9.17, 15) is 4.79 Å². The average molecular weight is 339 g/mol. The molecule has 1 aromatic carbocycles. The predicted molar refractivity (Wildman–Crippen MR) is 94.0 cm³/mol. The molecule has 128 valence electrons. The number of rotatable bonds is 4. The van der Waals surface area contributed by atoms with Crippen molar-refractivity contribution < 1.29 is 9.53 Å². The van der Waals surface area contributed by atoms with Gasteiger partial charge in [0.1, 0.15) is 5.75 Å². The molecule has 1 saturated heterocycles. The van der Waals surface area contributed by atoms with Gasteiger partial charge in [0.2, 0.25) is 0 Å². The van der Waals surface area contributed by atoms with Crippen LogP contribution in [0.4, 0.5) is 0 Å². The summed E-state index contributed by atoms with van der Waals surface area (Å²) in [6.45, 7) is 10.4. The lowest BCUT2D eigenvalue weighted by Gasteiger charge is -2.46. The minimum atomic E-state index is -0.561. The smallest absolute Gasteiger partial charge is 0.260 e. The number of carbonyl (C=O) groups excluding carboxylic acids is 1. The monoisotopic (exact) mass is 338 g/mol. The number of amides is 1. The third kappa shape index (κ3) is 5.40. The van der Waals surface area contributed by atoms with E-state index in [-0.39, 0.29) is 23.0 Å². The number of ether oxygens (including phenoxy) is 1. The highest BCUT2D eigenvalue weighted by molar-refractivity contribution is 6.30. The second-order valence-corrected chi connectivity index (χ2v) is 8.16. The standard InChI is InChI=1S/C18H27ClN2O2/c1-12(23-15-8-6-7-13(19)9-15)16(22)20-14-10-17(2,3)21-18(4,5)11-14/h6-9,12,14,21H,10-11H2,1-5H3,(H,20,22)/t12-/m1/s1. The van der Waals surface area contributed by atoms with Crippen LogP contribution in [0.5, 0.6) is 5.75 Å². The Morgan fingerprint density at radius 2 is 1.91 bits per heavy atom. The largest absolute Gasteiger partial charge is 0.481 e. The fraction of sp³-hybridized carbons (Fsp3) is 0.611. The number of hydrogen-bond acceptors (Lipinski definition) is 3. The molecule has 0 saturated carbocycles. The van der Waals surface area contributed by atoms with Crippen LogP contribution in [0.15, 0.2) is 24.3 Å².